The number of rotatable bonds is 9. The van der Waals surface area contributed by atoms with Gasteiger partial charge in [-0.25, -0.2) is 9.78 Å². The molecule has 9 heteroatoms. The van der Waals surface area contributed by atoms with Gasteiger partial charge < -0.3 is 15.8 Å². The van der Waals surface area contributed by atoms with E-state index in [9.17, 15) is 20.1 Å². The number of nitriles is 2. The number of carbonyl (C=O) groups is 2. The average Bonchev–Trinajstić information content (AvgIpc) is 2.89. The number of nitrogens with zero attached hydrogens (tertiary/aromatic N) is 3. The van der Waals surface area contributed by atoms with Crippen LogP contribution >= 0.6 is 11.8 Å². The zero-order valence-electron chi connectivity index (χ0n) is 20.9. The van der Waals surface area contributed by atoms with E-state index in [-0.39, 0.29) is 35.9 Å². The van der Waals surface area contributed by atoms with E-state index in [0.717, 1.165) is 5.56 Å². The summed E-state index contributed by atoms with van der Waals surface area (Å²) in [6, 6.07) is 18.4. The highest BCUT2D eigenvalue weighted by Crippen LogP contribution is 2.36. The second-order valence-electron chi connectivity index (χ2n) is 8.37. The Bertz CT molecular complexity index is 1370. The SMILES string of the molecule is CCOC(=O)c1ccc(NC(=O)CCSc2nc(N)c(C#N)c(-c3ccc(C(C)C)cc3)c2C#N)cc1. The maximum absolute atomic E-state index is 12.5. The molecule has 37 heavy (non-hydrogen) atoms. The second-order valence-corrected chi connectivity index (χ2v) is 9.46. The minimum Gasteiger partial charge on any atom is -0.462 e. The molecule has 1 amide bonds. The van der Waals surface area contributed by atoms with Gasteiger partial charge in [0.25, 0.3) is 0 Å². The van der Waals surface area contributed by atoms with Crippen LogP contribution in [0.4, 0.5) is 11.5 Å². The highest BCUT2D eigenvalue weighted by atomic mass is 32.2. The summed E-state index contributed by atoms with van der Waals surface area (Å²) in [5.41, 5.74) is 9.74. The van der Waals surface area contributed by atoms with Gasteiger partial charge in [-0.3, -0.25) is 4.79 Å². The third-order valence-electron chi connectivity index (χ3n) is 5.53. The maximum Gasteiger partial charge on any atom is 0.338 e. The Kier molecular flexibility index (Phi) is 9.26. The number of esters is 1. The number of nitrogens with one attached hydrogen (secondary N) is 1. The summed E-state index contributed by atoms with van der Waals surface area (Å²) < 4.78 is 4.95. The van der Waals surface area contributed by atoms with Crippen molar-refractivity contribution in [3.63, 3.8) is 0 Å². The van der Waals surface area contributed by atoms with Gasteiger partial charge in [-0.15, -0.1) is 11.8 Å². The topological polar surface area (TPSA) is 142 Å². The van der Waals surface area contributed by atoms with Gasteiger partial charge in [0.1, 0.15) is 28.5 Å². The molecule has 3 rings (SSSR count). The van der Waals surface area contributed by atoms with Crippen LogP contribution in [0.15, 0.2) is 53.6 Å². The van der Waals surface area contributed by atoms with Crippen molar-refractivity contribution >= 4 is 35.1 Å². The van der Waals surface area contributed by atoms with E-state index in [0.29, 0.717) is 39.1 Å². The van der Waals surface area contributed by atoms with Crippen LogP contribution in [0.2, 0.25) is 0 Å². The smallest absolute Gasteiger partial charge is 0.338 e. The molecule has 0 saturated carbocycles. The lowest BCUT2D eigenvalue weighted by Crippen LogP contribution is -2.13. The number of nitrogens with two attached hydrogens (primary N) is 1. The third kappa shape index (κ3) is 6.66. The Balaban J connectivity index is 1.74. The number of ether oxygens (including phenoxy) is 1. The molecule has 3 aromatic rings. The molecule has 0 aliphatic heterocycles. The minimum atomic E-state index is -0.422. The largest absolute Gasteiger partial charge is 0.462 e. The first-order valence-corrected chi connectivity index (χ1v) is 12.7. The molecule has 0 spiro atoms. The van der Waals surface area contributed by atoms with Crippen LogP contribution in [0.5, 0.6) is 0 Å². The van der Waals surface area contributed by atoms with Gasteiger partial charge in [0, 0.05) is 23.4 Å². The number of hydrogen-bond donors (Lipinski definition) is 2. The minimum absolute atomic E-state index is 0.0399. The Hall–Kier alpha value is -4.34. The van der Waals surface area contributed by atoms with Crippen LogP contribution in [-0.2, 0) is 9.53 Å². The summed E-state index contributed by atoms with van der Waals surface area (Å²) >= 11 is 1.23. The van der Waals surface area contributed by atoms with E-state index < -0.39 is 5.97 Å². The summed E-state index contributed by atoms with van der Waals surface area (Å²) in [5, 5.41) is 22.8. The lowest BCUT2D eigenvalue weighted by atomic mass is 9.94. The predicted octanol–water partition coefficient (Wildman–Crippen LogP) is 5.50. The van der Waals surface area contributed by atoms with Crippen molar-refractivity contribution in [2.45, 2.75) is 38.1 Å². The fourth-order valence-corrected chi connectivity index (χ4v) is 4.53. The quantitative estimate of drug-likeness (QED) is 0.282. The molecule has 0 aliphatic rings. The number of anilines is 2. The molecule has 0 unspecified atom stereocenters. The third-order valence-corrected chi connectivity index (χ3v) is 6.51. The van der Waals surface area contributed by atoms with Gasteiger partial charge in [-0.05, 0) is 48.2 Å². The van der Waals surface area contributed by atoms with E-state index in [1.807, 2.05) is 24.3 Å². The molecule has 1 heterocycles. The number of thioether (sulfide) groups is 1. The number of benzene rings is 2. The van der Waals surface area contributed by atoms with E-state index in [2.05, 4.69) is 36.3 Å². The molecular weight excluding hydrogens is 486 g/mol. The molecule has 0 fully saturated rings. The number of pyridine rings is 1. The van der Waals surface area contributed by atoms with Crippen molar-refractivity contribution in [1.82, 2.24) is 4.98 Å². The van der Waals surface area contributed by atoms with E-state index >= 15 is 0 Å². The van der Waals surface area contributed by atoms with Gasteiger partial charge in [0.15, 0.2) is 0 Å². The Morgan fingerprint density at radius 1 is 1.05 bits per heavy atom. The van der Waals surface area contributed by atoms with Crippen LogP contribution in [0.1, 0.15) is 60.2 Å². The molecule has 1 aromatic heterocycles. The van der Waals surface area contributed by atoms with Crippen molar-refractivity contribution in [2.75, 3.05) is 23.4 Å². The highest BCUT2D eigenvalue weighted by molar-refractivity contribution is 7.99. The van der Waals surface area contributed by atoms with Crippen LogP contribution in [0.25, 0.3) is 11.1 Å². The van der Waals surface area contributed by atoms with Crippen molar-refractivity contribution in [1.29, 1.82) is 10.5 Å². The molecule has 2 aromatic carbocycles. The van der Waals surface area contributed by atoms with E-state index in [1.54, 1.807) is 31.2 Å². The standard InChI is InChI=1S/C28H27N5O3S/c1-4-36-28(35)20-9-11-21(12-10-20)32-24(34)13-14-37-27-23(16-30)25(22(15-29)26(31)33-27)19-7-5-18(6-8-19)17(2)3/h5-12,17H,4,13-14H2,1-3H3,(H2,31,33)(H,32,34). The van der Waals surface area contributed by atoms with Crippen LogP contribution in [0.3, 0.4) is 0 Å². The first-order chi connectivity index (χ1) is 17.8. The van der Waals surface area contributed by atoms with Crippen LogP contribution in [-0.4, -0.2) is 29.2 Å². The first-order valence-electron chi connectivity index (χ1n) is 11.7. The van der Waals surface area contributed by atoms with Crippen molar-refractivity contribution in [3.8, 4) is 23.3 Å². The van der Waals surface area contributed by atoms with Gasteiger partial charge >= 0.3 is 5.97 Å². The Morgan fingerprint density at radius 3 is 2.27 bits per heavy atom. The zero-order valence-corrected chi connectivity index (χ0v) is 21.7. The van der Waals surface area contributed by atoms with Crippen molar-refractivity contribution < 1.29 is 14.3 Å². The van der Waals surface area contributed by atoms with Gasteiger partial charge in [-0.2, -0.15) is 10.5 Å². The molecule has 0 saturated heterocycles. The summed E-state index contributed by atoms with van der Waals surface area (Å²) in [6.07, 6.45) is 0.148. The van der Waals surface area contributed by atoms with Gasteiger partial charge in [-0.1, -0.05) is 38.1 Å². The average molecular weight is 514 g/mol. The number of amides is 1. The second kappa shape index (κ2) is 12.6. The summed E-state index contributed by atoms with van der Waals surface area (Å²) in [6.45, 7) is 6.19. The number of nitrogen functional groups attached to an aromatic ring is 1. The molecule has 0 atom stereocenters. The van der Waals surface area contributed by atoms with Gasteiger partial charge in [0.05, 0.1) is 17.7 Å². The monoisotopic (exact) mass is 513 g/mol. The zero-order chi connectivity index (χ0) is 26.9. The number of carbonyl (C=O) groups excluding carboxylic acids is 2. The number of aromatic nitrogens is 1. The lowest BCUT2D eigenvalue weighted by molar-refractivity contribution is -0.115. The highest BCUT2D eigenvalue weighted by Gasteiger charge is 2.21. The molecule has 8 nitrogen and oxygen atoms in total. The number of hydrogen-bond acceptors (Lipinski definition) is 8. The fraction of sp³-hybridized carbons (Fsp3) is 0.250. The molecule has 0 radical (unpaired) electrons. The summed E-state index contributed by atoms with van der Waals surface area (Å²) in [7, 11) is 0. The van der Waals surface area contributed by atoms with E-state index in [1.165, 1.54) is 11.8 Å². The van der Waals surface area contributed by atoms with Crippen molar-refractivity contribution in [3.05, 3.63) is 70.8 Å². The lowest BCUT2D eigenvalue weighted by Gasteiger charge is -2.14. The molecule has 0 bridgehead atoms. The summed E-state index contributed by atoms with van der Waals surface area (Å²) in [4.78, 5) is 28.5. The van der Waals surface area contributed by atoms with Gasteiger partial charge in [0.2, 0.25) is 5.91 Å². The first kappa shape index (κ1) is 27.3. The predicted molar refractivity (Wildman–Crippen MR) is 144 cm³/mol. The molecule has 188 valence electrons. The Labute approximate surface area is 220 Å². The normalized spacial score (nSPS) is 10.4. The molecular formula is C28H27N5O3S. The van der Waals surface area contributed by atoms with Crippen molar-refractivity contribution in [2.24, 2.45) is 0 Å². The maximum atomic E-state index is 12.5. The Morgan fingerprint density at radius 2 is 1.70 bits per heavy atom. The molecule has 3 N–H and O–H groups in total. The van der Waals surface area contributed by atoms with Crippen LogP contribution < -0.4 is 11.1 Å². The molecule has 0 aliphatic carbocycles. The van der Waals surface area contributed by atoms with Crippen LogP contribution in [0, 0.1) is 22.7 Å². The summed E-state index contributed by atoms with van der Waals surface area (Å²) in [5.74, 6) is 0.0645. The fourth-order valence-electron chi connectivity index (χ4n) is 3.59. The van der Waals surface area contributed by atoms with E-state index in [4.69, 9.17) is 10.5 Å².